The summed E-state index contributed by atoms with van der Waals surface area (Å²) < 4.78 is 23.3. The fourth-order valence-electron chi connectivity index (χ4n) is 3.76. The van der Waals surface area contributed by atoms with E-state index in [0.717, 1.165) is 0 Å². The highest BCUT2D eigenvalue weighted by molar-refractivity contribution is 5.92. The predicted octanol–water partition coefficient (Wildman–Crippen LogP) is 3.13. The number of carbonyl (C=O) groups is 1. The van der Waals surface area contributed by atoms with Crippen molar-refractivity contribution in [1.29, 1.82) is 0 Å². The number of nitrogens with one attached hydrogen (secondary N) is 1. The summed E-state index contributed by atoms with van der Waals surface area (Å²) in [6.45, 7) is 0.208. The molecule has 0 aliphatic carbocycles. The van der Waals surface area contributed by atoms with Gasteiger partial charge in [0, 0.05) is 54.8 Å². The van der Waals surface area contributed by atoms with Gasteiger partial charge in [0.15, 0.2) is 6.79 Å². The number of aromatic nitrogens is 2. The van der Waals surface area contributed by atoms with E-state index in [4.69, 9.17) is 18.9 Å². The van der Waals surface area contributed by atoms with Gasteiger partial charge >= 0.3 is 0 Å². The van der Waals surface area contributed by atoms with E-state index in [1.165, 1.54) is 24.3 Å². The van der Waals surface area contributed by atoms with Gasteiger partial charge in [0.25, 0.3) is 5.69 Å². The standard InChI is InChI=1S/C24H24N4O7/c1-27-7-6-25-24(27)22(16-10-19(32-2)12-20(11-16)33-3)26-21(29)5-4-15-8-18(28(30)31)9-17-13-34-14-35-23(15)17/h4-12,22H,13-14H2,1-3H3,(H,26,29)/b5-4+/t22-/m1/s1. The van der Waals surface area contributed by atoms with Gasteiger partial charge in [-0.25, -0.2) is 4.98 Å². The summed E-state index contributed by atoms with van der Waals surface area (Å²) in [7, 11) is 4.91. The Labute approximate surface area is 201 Å². The topological polar surface area (TPSA) is 127 Å². The molecule has 0 fully saturated rings. The van der Waals surface area contributed by atoms with Crippen LogP contribution in [0.4, 0.5) is 5.69 Å². The quantitative estimate of drug-likeness (QED) is 0.296. The SMILES string of the molecule is COc1cc(OC)cc([C@@H](NC(=O)/C=C/c2cc([N+](=O)[O-])cc3c2OCOC3)c2nccn2C)c1. The number of benzene rings is 2. The summed E-state index contributed by atoms with van der Waals surface area (Å²) in [6, 6.07) is 7.44. The predicted molar refractivity (Wildman–Crippen MR) is 125 cm³/mol. The van der Waals surface area contributed by atoms with Crippen LogP contribution in [0.1, 0.15) is 28.6 Å². The number of fused-ring (bicyclic) bond motifs is 1. The number of nitro benzene ring substituents is 1. The number of methoxy groups -OCH3 is 2. The van der Waals surface area contributed by atoms with Crippen LogP contribution in [0.5, 0.6) is 17.2 Å². The molecular weight excluding hydrogens is 456 g/mol. The van der Waals surface area contributed by atoms with Gasteiger partial charge in [-0.3, -0.25) is 14.9 Å². The first-order valence-electron chi connectivity index (χ1n) is 10.6. The molecule has 2 aromatic carbocycles. The number of amides is 1. The van der Waals surface area contributed by atoms with Crippen molar-refractivity contribution in [2.24, 2.45) is 7.05 Å². The van der Waals surface area contributed by atoms with Gasteiger partial charge in [-0.1, -0.05) is 0 Å². The highest BCUT2D eigenvalue weighted by Crippen LogP contribution is 2.34. The fourth-order valence-corrected chi connectivity index (χ4v) is 3.76. The summed E-state index contributed by atoms with van der Waals surface area (Å²) >= 11 is 0. The molecule has 0 radical (unpaired) electrons. The number of rotatable bonds is 8. The first-order valence-corrected chi connectivity index (χ1v) is 10.6. The lowest BCUT2D eigenvalue weighted by Gasteiger charge is -2.20. The Morgan fingerprint density at radius 2 is 1.97 bits per heavy atom. The highest BCUT2D eigenvalue weighted by Gasteiger charge is 2.23. The molecule has 0 spiro atoms. The Balaban J connectivity index is 1.66. The van der Waals surface area contributed by atoms with Gasteiger partial charge in [-0.2, -0.15) is 0 Å². The number of nitro groups is 1. The van der Waals surface area contributed by atoms with Gasteiger partial charge in [0.05, 0.1) is 25.7 Å². The minimum atomic E-state index is -0.625. The summed E-state index contributed by atoms with van der Waals surface area (Å²) in [5.41, 5.74) is 1.53. The van der Waals surface area contributed by atoms with E-state index in [-0.39, 0.29) is 19.1 Å². The molecule has 1 aliphatic rings. The number of non-ortho nitro benzene ring substituents is 1. The van der Waals surface area contributed by atoms with Crippen LogP contribution in [0.25, 0.3) is 6.08 Å². The van der Waals surface area contributed by atoms with E-state index in [0.29, 0.717) is 39.8 Å². The van der Waals surface area contributed by atoms with E-state index < -0.39 is 16.9 Å². The first kappa shape index (κ1) is 23.8. The molecule has 0 unspecified atom stereocenters. The Kier molecular flexibility index (Phi) is 6.97. The van der Waals surface area contributed by atoms with Gasteiger partial charge in [0.2, 0.25) is 5.91 Å². The number of hydrogen-bond donors (Lipinski definition) is 1. The zero-order valence-corrected chi connectivity index (χ0v) is 19.4. The van der Waals surface area contributed by atoms with Gasteiger partial charge in [-0.05, 0) is 23.8 Å². The van der Waals surface area contributed by atoms with Gasteiger partial charge in [-0.15, -0.1) is 0 Å². The van der Waals surface area contributed by atoms with Crippen LogP contribution >= 0.6 is 0 Å². The average Bonchev–Trinajstić information content (AvgIpc) is 3.30. The summed E-state index contributed by atoms with van der Waals surface area (Å²) in [6.07, 6.45) is 6.19. The second-order valence-electron chi connectivity index (χ2n) is 7.71. The number of aryl methyl sites for hydroxylation is 1. The molecule has 0 saturated carbocycles. The zero-order chi connectivity index (χ0) is 24.9. The van der Waals surface area contributed by atoms with Gasteiger partial charge in [0.1, 0.15) is 29.1 Å². The highest BCUT2D eigenvalue weighted by atomic mass is 16.7. The van der Waals surface area contributed by atoms with Crippen molar-refractivity contribution in [1.82, 2.24) is 14.9 Å². The molecule has 1 atom stereocenters. The molecule has 1 aliphatic heterocycles. The first-order chi connectivity index (χ1) is 16.9. The van der Waals surface area contributed by atoms with Crippen LogP contribution in [0.3, 0.4) is 0 Å². The van der Waals surface area contributed by atoms with E-state index in [9.17, 15) is 14.9 Å². The van der Waals surface area contributed by atoms with Crippen LogP contribution in [0.2, 0.25) is 0 Å². The van der Waals surface area contributed by atoms with Crippen LogP contribution in [0, 0.1) is 10.1 Å². The van der Waals surface area contributed by atoms with Crippen LogP contribution in [0.15, 0.2) is 48.8 Å². The summed E-state index contributed by atoms with van der Waals surface area (Å²) in [5, 5.41) is 14.3. The van der Waals surface area contributed by atoms with Crippen molar-refractivity contribution >= 4 is 17.7 Å². The second-order valence-corrected chi connectivity index (χ2v) is 7.71. The van der Waals surface area contributed by atoms with E-state index >= 15 is 0 Å². The molecule has 1 aromatic heterocycles. The zero-order valence-electron chi connectivity index (χ0n) is 19.4. The van der Waals surface area contributed by atoms with Crippen LogP contribution in [-0.2, 0) is 23.2 Å². The number of ether oxygens (including phenoxy) is 4. The third-order valence-corrected chi connectivity index (χ3v) is 5.46. The molecule has 0 bridgehead atoms. The molecule has 4 rings (SSSR count). The molecule has 3 aromatic rings. The summed E-state index contributed by atoms with van der Waals surface area (Å²) in [4.78, 5) is 28.2. The smallest absolute Gasteiger partial charge is 0.270 e. The maximum Gasteiger partial charge on any atom is 0.270 e. The molecule has 182 valence electrons. The number of carbonyl (C=O) groups excluding carboxylic acids is 1. The molecule has 2 heterocycles. The fraction of sp³-hybridized carbons (Fsp3) is 0.250. The molecule has 11 heteroatoms. The normalized spacial score (nSPS) is 13.6. The van der Waals surface area contributed by atoms with Crippen molar-refractivity contribution in [2.75, 3.05) is 21.0 Å². The maximum atomic E-state index is 13.0. The lowest BCUT2D eigenvalue weighted by molar-refractivity contribution is -0.385. The van der Waals surface area contributed by atoms with Crippen molar-refractivity contribution < 1.29 is 28.7 Å². The third-order valence-electron chi connectivity index (χ3n) is 5.46. The minimum Gasteiger partial charge on any atom is -0.497 e. The molecule has 35 heavy (non-hydrogen) atoms. The van der Waals surface area contributed by atoms with E-state index in [1.54, 1.807) is 49.4 Å². The lowest BCUT2D eigenvalue weighted by Crippen LogP contribution is -2.29. The second kappa shape index (κ2) is 10.3. The molecule has 11 nitrogen and oxygen atoms in total. The third kappa shape index (κ3) is 5.25. The molecule has 0 saturated heterocycles. The number of nitrogens with zero attached hydrogens (tertiary/aromatic N) is 3. The minimum absolute atomic E-state index is 0.0246. The summed E-state index contributed by atoms with van der Waals surface area (Å²) in [5.74, 6) is 1.73. The Hall–Kier alpha value is -4.38. The Morgan fingerprint density at radius 3 is 2.60 bits per heavy atom. The Bertz CT molecular complexity index is 1260. The van der Waals surface area contributed by atoms with Crippen molar-refractivity contribution in [2.45, 2.75) is 12.6 Å². The Morgan fingerprint density at radius 1 is 1.23 bits per heavy atom. The van der Waals surface area contributed by atoms with Crippen molar-refractivity contribution in [3.8, 4) is 17.2 Å². The maximum absolute atomic E-state index is 13.0. The number of hydrogen-bond acceptors (Lipinski definition) is 8. The molecular formula is C24H24N4O7. The van der Waals surface area contributed by atoms with E-state index in [2.05, 4.69) is 10.3 Å². The molecule has 1 amide bonds. The van der Waals surface area contributed by atoms with Crippen LogP contribution < -0.4 is 19.5 Å². The van der Waals surface area contributed by atoms with Crippen LogP contribution in [-0.4, -0.2) is 41.4 Å². The average molecular weight is 480 g/mol. The number of imidazole rings is 1. The monoisotopic (exact) mass is 480 g/mol. The largest absolute Gasteiger partial charge is 0.497 e. The van der Waals surface area contributed by atoms with Crippen molar-refractivity contribution in [3.63, 3.8) is 0 Å². The van der Waals surface area contributed by atoms with E-state index in [1.807, 2.05) is 7.05 Å². The lowest BCUT2D eigenvalue weighted by atomic mass is 10.0. The van der Waals surface area contributed by atoms with Gasteiger partial charge < -0.3 is 28.8 Å². The molecule has 1 N–H and O–H groups in total. The van der Waals surface area contributed by atoms with Crippen molar-refractivity contribution in [3.05, 3.63) is 81.4 Å².